The fourth-order valence-electron chi connectivity index (χ4n) is 3.50. The van der Waals surface area contributed by atoms with E-state index >= 15 is 0 Å². The summed E-state index contributed by atoms with van der Waals surface area (Å²) in [6, 6.07) is 21.1. The van der Waals surface area contributed by atoms with Crippen LogP contribution < -0.4 is 11.1 Å². The first-order valence-corrected chi connectivity index (χ1v) is 12.6. The molecule has 5 rings (SSSR count). The molecule has 0 aliphatic carbocycles. The van der Waals surface area contributed by atoms with Crippen LogP contribution in [0.1, 0.15) is 15.2 Å². The fourth-order valence-corrected chi connectivity index (χ4v) is 5.30. The van der Waals surface area contributed by atoms with Crippen LogP contribution in [-0.4, -0.2) is 20.9 Å². The monoisotopic (exact) mass is 505 g/mol. The fraction of sp³-hybridized carbons (Fsp3) is 0.0800. The van der Waals surface area contributed by atoms with Crippen LogP contribution in [-0.2, 0) is 13.0 Å². The molecule has 0 atom stereocenters. The van der Waals surface area contributed by atoms with Crippen molar-refractivity contribution in [3.05, 3.63) is 93.8 Å². The summed E-state index contributed by atoms with van der Waals surface area (Å²) in [7, 11) is 0. The molecule has 34 heavy (non-hydrogen) atoms. The number of rotatable bonds is 7. The van der Waals surface area contributed by atoms with E-state index in [2.05, 4.69) is 15.6 Å². The SMILES string of the molecule is Nc1ccc(-c2cccs2)cc1NC(=O)c1ccc(-c2cn(CCc3ccccc3Cl)nn2)s1. The Hall–Kier alpha value is -3.46. The molecule has 0 saturated heterocycles. The van der Waals surface area contributed by atoms with Gasteiger partial charge >= 0.3 is 0 Å². The van der Waals surface area contributed by atoms with Crippen molar-refractivity contribution in [3.8, 4) is 21.0 Å². The van der Waals surface area contributed by atoms with E-state index in [-0.39, 0.29) is 5.91 Å². The maximum atomic E-state index is 12.9. The van der Waals surface area contributed by atoms with Gasteiger partial charge in [-0.3, -0.25) is 9.48 Å². The number of amides is 1. The van der Waals surface area contributed by atoms with Gasteiger partial charge in [-0.25, -0.2) is 0 Å². The lowest BCUT2D eigenvalue weighted by molar-refractivity contribution is 0.103. The van der Waals surface area contributed by atoms with Crippen molar-refractivity contribution < 1.29 is 4.79 Å². The lowest BCUT2D eigenvalue weighted by Crippen LogP contribution is -2.11. The quantitative estimate of drug-likeness (QED) is 0.248. The molecular formula is C25H20ClN5OS2. The van der Waals surface area contributed by atoms with E-state index in [1.807, 2.05) is 72.2 Å². The minimum atomic E-state index is -0.211. The normalized spacial score (nSPS) is 11.0. The molecule has 0 radical (unpaired) electrons. The highest BCUT2D eigenvalue weighted by Gasteiger charge is 2.15. The highest BCUT2D eigenvalue weighted by atomic mass is 35.5. The summed E-state index contributed by atoms with van der Waals surface area (Å²) in [5, 5.41) is 14.2. The molecule has 0 fully saturated rings. The van der Waals surface area contributed by atoms with Gasteiger partial charge in [-0.2, -0.15) is 0 Å². The number of anilines is 2. The third-order valence-electron chi connectivity index (χ3n) is 5.30. The molecule has 170 valence electrons. The summed E-state index contributed by atoms with van der Waals surface area (Å²) in [5.41, 5.74) is 10.0. The molecule has 0 aliphatic rings. The van der Waals surface area contributed by atoms with Crippen molar-refractivity contribution in [1.82, 2.24) is 15.0 Å². The molecule has 3 N–H and O–H groups in total. The molecular weight excluding hydrogens is 486 g/mol. The van der Waals surface area contributed by atoms with Crippen LogP contribution in [0.2, 0.25) is 5.02 Å². The third-order valence-corrected chi connectivity index (χ3v) is 7.69. The minimum Gasteiger partial charge on any atom is -0.397 e. The summed E-state index contributed by atoms with van der Waals surface area (Å²) >= 11 is 9.24. The van der Waals surface area contributed by atoms with E-state index in [0.29, 0.717) is 22.8 Å². The molecule has 0 saturated carbocycles. The first-order valence-electron chi connectivity index (χ1n) is 10.6. The van der Waals surface area contributed by atoms with Crippen LogP contribution in [0, 0.1) is 0 Å². The first kappa shape index (κ1) is 22.3. The van der Waals surface area contributed by atoms with Gasteiger partial charge in [-0.1, -0.05) is 47.1 Å². The summed E-state index contributed by atoms with van der Waals surface area (Å²) in [4.78, 5) is 15.5. The number of thiophene rings is 2. The molecule has 0 spiro atoms. The van der Waals surface area contributed by atoms with Gasteiger partial charge in [0, 0.05) is 16.4 Å². The van der Waals surface area contributed by atoms with Gasteiger partial charge in [-0.05, 0) is 59.3 Å². The van der Waals surface area contributed by atoms with Gasteiger partial charge in [0.1, 0.15) is 5.69 Å². The largest absolute Gasteiger partial charge is 0.397 e. The van der Waals surface area contributed by atoms with Crippen molar-refractivity contribution in [3.63, 3.8) is 0 Å². The van der Waals surface area contributed by atoms with Gasteiger partial charge in [0.25, 0.3) is 5.91 Å². The van der Waals surface area contributed by atoms with E-state index in [1.165, 1.54) is 11.3 Å². The molecule has 0 aliphatic heterocycles. The average molecular weight is 506 g/mol. The van der Waals surface area contributed by atoms with Crippen molar-refractivity contribution in [1.29, 1.82) is 0 Å². The number of carbonyl (C=O) groups excluding carboxylic acids is 1. The zero-order chi connectivity index (χ0) is 23.5. The number of hydrogen-bond donors (Lipinski definition) is 2. The highest BCUT2D eigenvalue weighted by molar-refractivity contribution is 7.17. The van der Waals surface area contributed by atoms with Crippen LogP contribution in [0.5, 0.6) is 0 Å². The third kappa shape index (κ3) is 4.89. The summed E-state index contributed by atoms with van der Waals surface area (Å²) in [6.07, 6.45) is 2.64. The van der Waals surface area contributed by atoms with Crippen molar-refractivity contribution >= 4 is 51.6 Å². The second-order valence-corrected chi connectivity index (χ2v) is 10.0. The number of hydrogen-bond acceptors (Lipinski definition) is 6. The molecule has 1 amide bonds. The van der Waals surface area contributed by atoms with Crippen LogP contribution in [0.3, 0.4) is 0 Å². The van der Waals surface area contributed by atoms with E-state index in [9.17, 15) is 4.79 Å². The van der Waals surface area contributed by atoms with Crippen LogP contribution in [0.15, 0.2) is 78.3 Å². The van der Waals surface area contributed by atoms with E-state index in [1.54, 1.807) is 22.1 Å². The number of carbonyl (C=O) groups is 1. The number of nitrogens with two attached hydrogens (primary N) is 1. The van der Waals surface area contributed by atoms with Crippen LogP contribution in [0.4, 0.5) is 11.4 Å². The predicted molar refractivity (Wildman–Crippen MR) is 141 cm³/mol. The first-order chi connectivity index (χ1) is 16.6. The Morgan fingerprint density at radius 2 is 1.94 bits per heavy atom. The lowest BCUT2D eigenvalue weighted by Gasteiger charge is -2.09. The number of benzene rings is 2. The zero-order valence-electron chi connectivity index (χ0n) is 17.9. The Kier molecular flexibility index (Phi) is 6.44. The molecule has 3 aromatic heterocycles. The molecule has 6 nitrogen and oxygen atoms in total. The summed E-state index contributed by atoms with van der Waals surface area (Å²) in [6.45, 7) is 0.662. The number of nitrogens with zero attached hydrogens (tertiary/aromatic N) is 3. The van der Waals surface area contributed by atoms with Gasteiger partial charge in [0.15, 0.2) is 0 Å². The van der Waals surface area contributed by atoms with Crippen LogP contribution in [0.25, 0.3) is 21.0 Å². The smallest absolute Gasteiger partial charge is 0.265 e. The van der Waals surface area contributed by atoms with Crippen molar-refractivity contribution in [2.45, 2.75) is 13.0 Å². The maximum absolute atomic E-state index is 12.9. The van der Waals surface area contributed by atoms with Crippen molar-refractivity contribution in [2.24, 2.45) is 0 Å². The molecule has 0 bridgehead atoms. The van der Waals surface area contributed by atoms with Gasteiger partial charge < -0.3 is 11.1 Å². The Labute approximate surface area is 209 Å². The number of aromatic nitrogens is 3. The van der Waals surface area contributed by atoms with Gasteiger partial charge in [0.05, 0.1) is 27.3 Å². The zero-order valence-corrected chi connectivity index (χ0v) is 20.3. The molecule has 9 heteroatoms. The Balaban J connectivity index is 1.27. The number of nitrogens with one attached hydrogen (secondary N) is 1. The van der Waals surface area contributed by atoms with E-state index < -0.39 is 0 Å². The summed E-state index contributed by atoms with van der Waals surface area (Å²) in [5.74, 6) is -0.211. The highest BCUT2D eigenvalue weighted by Crippen LogP contribution is 2.32. The van der Waals surface area contributed by atoms with E-state index in [0.717, 1.165) is 38.0 Å². The average Bonchev–Trinajstić information content (AvgIpc) is 3.61. The number of aryl methyl sites for hydroxylation is 2. The van der Waals surface area contributed by atoms with Crippen LogP contribution >= 0.6 is 34.3 Å². The second kappa shape index (κ2) is 9.80. The Bertz CT molecular complexity index is 1440. The predicted octanol–water partition coefficient (Wildman–Crippen LogP) is 6.47. The molecule has 5 aromatic rings. The molecule has 3 heterocycles. The molecule has 0 unspecified atom stereocenters. The minimum absolute atomic E-state index is 0.211. The number of halogens is 1. The Morgan fingerprint density at radius 3 is 2.76 bits per heavy atom. The van der Waals surface area contributed by atoms with Gasteiger partial charge in [-0.15, -0.1) is 27.8 Å². The van der Waals surface area contributed by atoms with E-state index in [4.69, 9.17) is 17.3 Å². The van der Waals surface area contributed by atoms with Gasteiger partial charge in [0.2, 0.25) is 0 Å². The lowest BCUT2D eigenvalue weighted by atomic mass is 10.1. The van der Waals surface area contributed by atoms with Crippen molar-refractivity contribution in [2.75, 3.05) is 11.1 Å². The molecule has 2 aromatic carbocycles. The standard InChI is InChI=1S/C25H20ClN5OS2/c26-18-5-2-1-4-16(18)11-12-31-15-21(29-30-31)23-9-10-24(34-23)25(32)28-20-14-17(7-8-19(20)27)22-6-3-13-33-22/h1-10,13-15H,11-12,27H2,(H,28,32). The summed E-state index contributed by atoms with van der Waals surface area (Å²) < 4.78 is 1.79. The second-order valence-electron chi connectivity index (χ2n) is 7.61. The Morgan fingerprint density at radius 1 is 1.06 bits per heavy atom. The topological polar surface area (TPSA) is 85.8 Å². The maximum Gasteiger partial charge on any atom is 0.265 e. The number of nitrogen functional groups attached to an aromatic ring is 1.